The van der Waals surface area contributed by atoms with Gasteiger partial charge in [-0.05, 0) is 111 Å². The third-order valence-electron chi connectivity index (χ3n) is 12.9. The van der Waals surface area contributed by atoms with Gasteiger partial charge in [-0.2, -0.15) is 9.40 Å². The number of fused-ring (bicyclic) bond motifs is 3. The Morgan fingerprint density at radius 1 is 0.893 bits per heavy atom. The molecule has 2 aromatic heterocycles. The number of hydrogen-bond donors (Lipinski definition) is 2. The molecule has 2 unspecified atom stereocenters. The molecule has 9 rings (SSSR count). The molecule has 2 N–H and O–H groups in total. The van der Waals surface area contributed by atoms with E-state index < -0.39 is 16.1 Å². The van der Waals surface area contributed by atoms with Crippen molar-refractivity contribution >= 4 is 61.9 Å². The van der Waals surface area contributed by atoms with Crippen LogP contribution in [0.3, 0.4) is 0 Å². The molecule has 1 saturated carbocycles. The molecule has 3 amide bonds. The molecular weight excluding hydrogens is 752 g/mol. The molecule has 1 aliphatic carbocycles. The smallest absolute Gasteiger partial charge is 0.329 e. The van der Waals surface area contributed by atoms with E-state index in [0.717, 1.165) is 87.8 Å². The highest BCUT2D eigenvalue weighted by Crippen LogP contribution is 2.41. The van der Waals surface area contributed by atoms with Crippen molar-refractivity contribution in [3.63, 3.8) is 0 Å². The maximum absolute atomic E-state index is 14.0. The van der Waals surface area contributed by atoms with Gasteiger partial charge in [-0.3, -0.25) is 19.7 Å². The predicted octanol–water partition coefficient (Wildman–Crippen LogP) is 5.07. The first kappa shape index (κ1) is 37.3. The van der Waals surface area contributed by atoms with Gasteiger partial charge in [0.25, 0.3) is 0 Å². The number of benzene rings is 2. The molecule has 4 aromatic rings. The fourth-order valence-corrected chi connectivity index (χ4v) is 11.5. The van der Waals surface area contributed by atoms with Gasteiger partial charge in [0.1, 0.15) is 0 Å². The molecule has 2 aromatic carbocycles. The van der Waals surface area contributed by atoms with Crippen molar-refractivity contribution < 1.29 is 18.0 Å². The maximum atomic E-state index is 14.0. The quantitative estimate of drug-likeness (QED) is 0.235. The number of carbonyl (C=O) groups excluding carboxylic acids is 2. The van der Waals surface area contributed by atoms with Crippen LogP contribution in [-0.4, -0.2) is 108 Å². The lowest BCUT2D eigenvalue weighted by Gasteiger charge is -2.39. The van der Waals surface area contributed by atoms with Crippen LogP contribution in [0.5, 0.6) is 0 Å². The van der Waals surface area contributed by atoms with Crippen molar-refractivity contribution in [3.8, 4) is 0 Å². The second kappa shape index (κ2) is 15.2. The Kier molecular flexibility index (Phi) is 10.1. The Morgan fingerprint density at radius 2 is 1.62 bits per heavy atom. The Morgan fingerprint density at radius 3 is 2.34 bits per heavy atom. The minimum atomic E-state index is -3.63. The third-order valence-corrected chi connectivity index (χ3v) is 14.9. The fraction of sp³-hybridized carbons (Fsp3) is 0.525. The van der Waals surface area contributed by atoms with Crippen LogP contribution in [0.4, 0.5) is 22.2 Å². The monoisotopic (exact) mass is 800 g/mol. The summed E-state index contributed by atoms with van der Waals surface area (Å²) in [6.07, 6.45) is 9.74. The van der Waals surface area contributed by atoms with Gasteiger partial charge in [0.15, 0.2) is 5.82 Å². The van der Waals surface area contributed by atoms with Gasteiger partial charge in [-0.25, -0.2) is 23.2 Å². The summed E-state index contributed by atoms with van der Waals surface area (Å²) in [6, 6.07) is 13.8. The van der Waals surface area contributed by atoms with Gasteiger partial charge in [-0.15, -0.1) is 0 Å². The number of aryl methyl sites for hydroxylation is 1. The van der Waals surface area contributed by atoms with E-state index in [1.807, 2.05) is 29.9 Å². The van der Waals surface area contributed by atoms with Crippen molar-refractivity contribution in [1.82, 2.24) is 34.3 Å². The van der Waals surface area contributed by atoms with Gasteiger partial charge in [0.05, 0.1) is 27.8 Å². The summed E-state index contributed by atoms with van der Waals surface area (Å²) in [5, 5.41) is 11.9. The number of halogens is 1. The molecular formula is C40H49ClN10O4S. The SMILES string of the molecule is Cn1nc(N2CCC(=O)NC2=O)c2ccc(C3CCN(CC4CCN(c5cccc(S(=O)(=O)N6CC7CCC(C6)C7Nc6ncc(Cl)cn6)c5)CC4)CC3)cc21. The van der Waals surface area contributed by atoms with E-state index in [0.29, 0.717) is 53.2 Å². The highest BCUT2D eigenvalue weighted by atomic mass is 35.5. The number of likely N-dealkylation sites (tertiary alicyclic amines) is 1. The summed E-state index contributed by atoms with van der Waals surface area (Å²) in [4.78, 5) is 39.7. The Hall–Kier alpha value is -4.31. The first-order valence-electron chi connectivity index (χ1n) is 20.0. The number of hydrogen-bond acceptors (Lipinski definition) is 10. The second-order valence-electron chi connectivity index (χ2n) is 16.3. The van der Waals surface area contributed by atoms with Crippen LogP contribution >= 0.6 is 11.6 Å². The molecule has 2 bridgehead atoms. The minimum absolute atomic E-state index is 0.145. The van der Waals surface area contributed by atoms with Gasteiger partial charge < -0.3 is 15.1 Å². The van der Waals surface area contributed by atoms with Crippen molar-refractivity contribution in [2.24, 2.45) is 24.8 Å². The van der Waals surface area contributed by atoms with Crippen LogP contribution in [0.1, 0.15) is 56.4 Å². The number of amides is 3. The van der Waals surface area contributed by atoms with E-state index in [4.69, 9.17) is 11.6 Å². The lowest BCUT2D eigenvalue weighted by molar-refractivity contribution is -0.120. The molecule has 0 radical (unpaired) electrons. The van der Waals surface area contributed by atoms with E-state index in [1.165, 1.54) is 5.56 Å². The highest BCUT2D eigenvalue weighted by molar-refractivity contribution is 7.89. The Bertz CT molecular complexity index is 2210. The predicted molar refractivity (Wildman–Crippen MR) is 215 cm³/mol. The number of piperidine rings is 3. The van der Waals surface area contributed by atoms with Crippen LogP contribution in [0, 0.1) is 17.8 Å². The number of anilines is 3. The number of imide groups is 1. The topological polar surface area (TPSA) is 149 Å². The summed E-state index contributed by atoms with van der Waals surface area (Å²) in [7, 11) is -1.73. The molecule has 296 valence electrons. The summed E-state index contributed by atoms with van der Waals surface area (Å²) < 4.78 is 31.5. The minimum Gasteiger partial charge on any atom is -0.371 e. The lowest BCUT2D eigenvalue weighted by atomic mass is 9.88. The number of carbonyl (C=O) groups is 2. The molecule has 16 heteroatoms. The highest BCUT2D eigenvalue weighted by Gasteiger charge is 2.46. The number of nitrogens with zero attached hydrogens (tertiary/aromatic N) is 8. The maximum Gasteiger partial charge on any atom is 0.329 e. The number of rotatable bonds is 9. The zero-order chi connectivity index (χ0) is 38.6. The lowest BCUT2D eigenvalue weighted by Crippen LogP contribution is -2.50. The molecule has 5 aliphatic rings. The molecule has 4 aliphatic heterocycles. The normalized spacial score (nSPS) is 24.6. The molecule has 14 nitrogen and oxygen atoms in total. The van der Waals surface area contributed by atoms with Gasteiger partial charge in [0, 0.05) is 69.9 Å². The fourth-order valence-electron chi connectivity index (χ4n) is 9.80. The van der Waals surface area contributed by atoms with Gasteiger partial charge >= 0.3 is 6.03 Å². The van der Waals surface area contributed by atoms with Crippen LogP contribution in [0.15, 0.2) is 59.8 Å². The largest absolute Gasteiger partial charge is 0.371 e. The number of aromatic nitrogens is 4. The van der Waals surface area contributed by atoms with Crippen LogP contribution in [-0.2, 0) is 21.9 Å². The van der Waals surface area contributed by atoms with E-state index in [-0.39, 0.29) is 30.2 Å². The average molecular weight is 801 g/mol. The number of urea groups is 1. The molecule has 4 saturated heterocycles. The summed E-state index contributed by atoms with van der Waals surface area (Å²) in [6.45, 7) is 6.36. The van der Waals surface area contributed by atoms with E-state index in [2.05, 4.69) is 53.7 Å². The van der Waals surface area contributed by atoms with E-state index in [9.17, 15) is 18.0 Å². The zero-order valence-corrected chi connectivity index (χ0v) is 33.3. The third kappa shape index (κ3) is 7.34. The summed E-state index contributed by atoms with van der Waals surface area (Å²) in [5.74, 6) is 2.37. The van der Waals surface area contributed by atoms with Crippen molar-refractivity contribution in [2.45, 2.75) is 61.8 Å². The number of nitrogens with one attached hydrogen (secondary N) is 2. The van der Waals surface area contributed by atoms with Crippen LogP contribution in [0.2, 0.25) is 5.02 Å². The molecule has 0 spiro atoms. The van der Waals surface area contributed by atoms with Gasteiger partial charge in [-0.1, -0.05) is 23.7 Å². The summed E-state index contributed by atoms with van der Waals surface area (Å²) >= 11 is 5.96. The standard InChI is InChI=1S/C40H49ClN10O4S/c1-47-35-19-28(7-8-34(35)38(46-47)51-18-13-36(52)44-40(51)53)27-11-14-48(15-12-27)23-26-9-16-49(17-10-26)32-3-2-4-33(20-32)56(54,55)50-24-29-5-6-30(25-50)37(29)45-39-42-21-31(41)22-43-39/h2-4,7-8,19-22,26-27,29-30,37H,5-6,9-18,23-25H2,1H3,(H,42,43,45)(H,44,52,53). The van der Waals surface area contributed by atoms with Crippen molar-refractivity contribution in [3.05, 3.63) is 65.4 Å². The zero-order valence-electron chi connectivity index (χ0n) is 31.7. The summed E-state index contributed by atoms with van der Waals surface area (Å²) in [5.41, 5.74) is 3.28. The van der Waals surface area contributed by atoms with E-state index in [1.54, 1.807) is 27.7 Å². The van der Waals surface area contributed by atoms with Crippen molar-refractivity contribution in [2.75, 3.05) is 67.5 Å². The Labute approximate surface area is 332 Å². The molecule has 56 heavy (non-hydrogen) atoms. The molecule has 6 heterocycles. The van der Waals surface area contributed by atoms with Crippen LogP contribution < -0.4 is 20.4 Å². The number of sulfonamides is 1. The Balaban J connectivity index is 0.765. The first-order chi connectivity index (χ1) is 27.1. The van der Waals surface area contributed by atoms with Crippen LogP contribution in [0.25, 0.3) is 10.9 Å². The average Bonchev–Trinajstić information content (AvgIpc) is 3.64. The molecule has 2 atom stereocenters. The second-order valence-corrected chi connectivity index (χ2v) is 18.7. The van der Waals surface area contributed by atoms with Gasteiger partial charge in [0.2, 0.25) is 21.9 Å². The van der Waals surface area contributed by atoms with E-state index >= 15 is 0 Å². The molecule has 5 fully saturated rings. The van der Waals surface area contributed by atoms with Crippen molar-refractivity contribution in [1.29, 1.82) is 0 Å². The first-order valence-corrected chi connectivity index (χ1v) is 21.8.